The number of fused-ring (bicyclic) bond motifs is 3. The van der Waals surface area contributed by atoms with Gasteiger partial charge in [0.05, 0.1) is 28.9 Å². The highest BCUT2D eigenvalue weighted by Gasteiger charge is 2.21. The topological polar surface area (TPSA) is 91.4 Å². The average molecular weight is 334 g/mol. The smallest absolute Gasteiger partial charge is 0.317 e. The summed E-state index contributed by atoms with van der Waals surface area (Å²) in [6.45, 7) is 1.88. The van der Waals surface area contributed by atoms with Crippen LogP contribution in [0, 0.1) is 0 Å². The number of aromatic nitrogens is 5. The zero-order valence-corrected chi connectivity index (χ0v) is 13.6. The lowest BCUT2D eigenvalue weighted by atomic mass is 10.0. The summed E-state index contributed by atoms with van der Waals surface area (Å²) in [4.78, 5) is 20.1. The summed E-state index contributed by atoms with van der Waals surface area (Å²) >= 11 is 0. The van der Waals surface area contributed by atoms with Gasteiger partial charge in [-0.1, -0.05) is 6.07 Å². The quantitative estimate of drug-likeness (QED) is 0.524. The molecule has 0 bridgehead atoms. The molecule has 4 aromatic rings. The van der Waals surface area contributed by atoms with Crippen LogP contribution in [0.15, 0.2) is 41.6 Å². The van der Waals surface area contributed by atoms with Crippen LogP contribution in [-0.4, -0.2) is 37.8 Å². The summed E-state index contributed by atoms with van der Waals surface area (Å²) in [5, 5.41) is 11.2. The van der Waals surface area contributed by atoms with Crippen LogP contribution in [0.1, 0.15) is 18.9 Å². The highest BCUT2D eigenvalue weighted by Crippen LogP contribution is 2.30. The van der Waals surface area contributed by atoms with Gasteiger partial charge in [0.25, 0.3) is 0 Å². The molecule has 1 saturated heterocycles. The normalized spacial score (nSPS) is 16.0. The number of hydrogen-bond donors (Lipinski definition) is 3. The van der Waals surface area contributed by atoms with E-state index in [9.17, 15) is 4.79 Å². The Morgan fingerprint density at radius 2 is 2.00 bits per heavy atom. The van der Waals surface area contributed by atoms with Crippen LogP contribution in [0.5, 0.6) is 0 Å². The van der Waals surface area contributed by atoms with E-state index in [-0.39, 0.29) is 11.7 Å². The molecule has 0 unspecified atom stereocenters. The molecule has 1 aromatic carbocycles. The minimum Gasteiger partial charge on any atom is -0.317 e. The maximum absolute atomic E-state index is 12.6. The van der Waals surface area contributed by atoms with E-state index >= 15 is 0 Å². The molecule has 7 nitrogen and oxygen atoms in total. The number of imidazole rings is 1. The van der Waals surface area contributed by atoms with Crippen LogP contribution < -0.4 is 11.0 Å². The van der Waals surface area contributed by atoms with Crippen molar-refractivity contribution >= 4 is 21.9 Å². The second-order valence-corrected chi connectivity index (χ2v) is 6.52. The molecule has 3 aromatic heterocycles. The van der Waals surface area contributed by atoms with E-state index < -0.39 is 0 Å². The Morgan fingerprint density at radius 3 is 2.80 bits per heavy atom. The molecule has 0 amide bonds. The number of H-pyrrole nitrogens is 2. The van der Waals surface area contributed by atoms with E-state index in [1.807, 2.05) is 22.9 Å². The van der Waals surface area contributed by atoms with E-state index in [0.29, 0.717) is 0 Å². The van der Waals surface area contributed by atoms with Crippen molar-refractivity contribution in [3.8, 4) is 11.1 Å². The number of aromatic amines is 2. The van der Waals surface area contributed by atoms with Crippen LogP contribution in [0.2, 0.25) is 0 Å². The lowest BCUT2D eigenvalue weighted by Gasteiger charge is -2.24. The molecular weight excluding hydrogens is 316 g/mol. The summed E-state index contributed by atoms with van der Waals surface area (Å²) in [5.41, 5.74) is 4.66. The molecule has 1 aliphatic heterocycles. The number of hydrogen-bond acceptors (Lipinski definition) is 4. The highest BCUT2D eigenvalue weighted by molar-refractivity contribution is 6.03. The molecule has 0 atom stereocenters. The maximum Gasteiger partial charge on any atom is 0.326 e. The van der Waals surface area contributed by atoms with Gasteiger partial charge in [-0.3, -0.25) is 14.6 Å². The van der Waals surface area contributed by atoms with E-state index in [1.165, 1.54) is 0 Å². The first-order valence-electron chi connectivity index (χ1n) is 8.54. The lowest BCUT2D eigenvalue weighted by molar-refractivity contribution is 0.369. The minimum atomic E-state index is -0.0510. The Kier molecular flexibility index (Phi) is 3.21. The van der Waals surface area contributed by atoms with Gasteiger partial charge >= 0.3 is 5.69 Å². The van der Waals surface area contributed by atoms with E-state index in [1.54, 1.807) is 12.4 Å². The SMILES string of the molecule is O=c1[nH]c2cnc3ccc(-c4cn[nH]c4)cc3c2n1C1CCNCC1. The fourth-order valence-corrected chi connectivity index (χ4v) is 3.81. The molecule has 5 rings (SSSR count). The Bertz CT molecular complexity index is 1100. The zero-order chi connectivity index (χ0) is 16.8. The van der Waals surface area contributed by atoms with Gasteiger partial charge in [0.15, 0.2) is 0 Å². The fourth-order valence-electron chi connectivity index (χ4n) is 3.81. The largest absolute Gasteiger partial charge is 0.326 e. The summed E-state index contributed by atoms with van der Waals surface area (Å²) in [6, 6.07) is 6.35. The van der Waals surface area contributed by atoms with Crippen LogP contribution in [0.25, 0.3) is 33.1 Å². The average Bonchev–Trinajstić information content (AvgIpc) is 3.29. The minimum absolute atomic E-state index is 0.0510. The number of pyridine rings is 1. The fraction of sp³-hybridized carbons (Fsp3) is 0.278. The lowest BCUT2D eigenvalue weighted by Crippen LogP contribution is -2.33. The number of piperidine rings is 1. The van der Waals surface area contributed by atoms with Gasteiger partial charge in [0.2, 0.25) is 0 Å². The number of benzene rings is 1. The van der Waals surface area contributed by atoms with Gasteiger partial charge < -0.3 is 10.3 Å². The zero-order valence-electron chi connectivity index (χ0n) is 13.6. The van der Waals surface area contributed by atoms with Crippen molar-refractivity contribution in [1.29, 1.82) is 0 Å². The molecule has 4 heterocycles. The summed E-state index contributed by atoms with van der Waals surface area (Å²) in [5.74, 6) is 0. The summed E-state index contributed by atoms with van der Waals surface area (Å²) in [7, 11) is 0. The van der Waals surface area contributed by atoms with Gasteiger partial charge in [0.1, 0.15) is 0 Å². The van der Waals surface area contributed by atoms with Gasteiger partial charge in [-0.15, -0.1) is 0 Å². The first kappa shape index (κ1) is 14.4. The Morgan fingerprint density at radius 1 is 1.12 bits per heavy atom. The van der Waals surface area contributed by atoms with Crippen LogP contribution in [-0.2, 0) is 0 Å². The second kappa shape index (κ2) is 5.56. The van der Waals surface area contributed by atoms with Crippen molar-refractivity contribution in [3.63, 3.8) is 0 Å². The Hall–Kier alpha value is -2.93. The van der Waals surface area contributed by atoms with Gasteiger partial charge in [0, 0.05) is 23.2 Å². The van der Waals surface area contributed by atoms with Gasteiger partial charge in [-0.25, -0.2) is 4.79 Å². The van der Waals surface area contributed by atoms with Crippen molar-refractivity contribution in [2.75, 3.05) is 13.1 Å². The van der Waals surface area contributed by atoms with Gasteiger partial charge in [-0.05, 0) is 43.6 Å². The van der Waals surface area contributed by atoms with Crippen molar-refractivity contribution in [2.45, 2.75) is 18.9 Å². The molecule has 0 radical (unpaired) electrons. The number of rotatable bonds is 2. The van der Waals surface area contributed by atoms with Crippen LogP contribution in [0.4, 0.5) is 0 Å². The number of nitrogens with one attached hydrogen (secondary N) is 3. The predicted octanol–water partition coefficient (Wildman–Crippen LogP) is 2.19. The second-order valence-electron chi connectivity index (χ2n) is 6.52. The van der Waals surface area contributed by atoms with Crippen molar-refractivity contribution in [1.82, 2.24) is 30.0 Å². The van der Waals surface area contributed by atoms with Crippen molar-refractivity contribution in [3.05, 3.63) is 47.3 Å². The molecule has 3 N–H and O–H groups in total. The summed E-state index contributed by atoms with van der Waals surface area (Å²) < 4.78 is 1.93. The van der Waals surface area contributed by atoms with E-state index in [0.717, 1.165) is 59.0 Å². The van der Waals surface area contributed by atoms with Gasteiger partial charge in [-0.2, -0.15) is 5.10 Å². The molecule has 1 fully saturated rings. The predicted molar refractivity (Wildman–Crippen MR) is 96.6 cm³/mol. The first-order chi connectivity index (χ1) is 12.3. The Labute approximate surface area is 143 Å². The molecular formula is C18H18N6O. The molecule has 25 heavy (non-hydrogen) atoms. The molecule has 0 aliphatic carbocycles. The van der Waals surface area contributed by atoms with E-state index in [4.69, 9.17) is 0 Å². The standard InChI is InChI=1S/C18H18N6O/c25-18-23-16-10-20-15-2-1-11(12-8-21-22-9-12)7-14(15)17(16)24(18)13-3-5-19-6-4-13/h1-2,7-10,13,19H,3-6H2,(H,21,22)(H,23,25). The maximum atomic E-state index is 12.6. The van der Waals surface area contributed by atoms with Crippen molar-refractivity contribution in [2.24, 2.45) is 0 Å². The third kappa shape index (κ3) is 2.27. The molecule has 1 aliphatic rings. The van der Waals surface area contributed by atoms with E-state index in [2.05, 4.69) is 31.5 Å². The monoisotopic (exact) mass is 334 g/mol. The first-order valence-corrected chi connectivity index (χ1v) is 8.54. The molecule has 0 saturated carbocycles. The van der Waals surface area contributed by atoms with Crippen molar-refractivity contribution < 1.29 is 0 Å². The molecule has 0 spiro atoms. The third-order valence-electron chi connectivity index (χ3n) is 5.05. The molecule has 126 valence electrons. The highest BCUT2D eigenvalue weighted by atomic mass is 16.1. The molecule has 7 heteroatoms. The Balaban J connectivity index is 1.80. The number of nitrogens with zero attached hydrogens (tertiary/aromatic N) is 3. The van der Waals surface area contributed by atoms with Crippen LogP contribution in [0.3, 0.4) is 0 Å². The van der Waals surface area contributed by atoms with Crippen LogP contribution >= 0.6 is 0 Å². The third-order valence-corrected chi connectivity index (χ3v) is 5.05. The summed E-state index contributed by atoms with van der Waals surface area (Å²) in [6.07, 6.45) is 7.34.